The second-order valence-corrected chi connectivity index (χ2v) is 7.20. The Bertz CT molecular complexity index is 365. The molecule has 0 aromatic rings. The van der Waals surface area contributed by atoms with Gasteiger partial charge in [0, 0.05) is 18.6 Å². The Morgan fingerprint density at radius 2 is 1.68 bits per heavy atom. The minimum Gasteiger partial charge on any atom is -0.351 e. The van der Waals surface area contributed by atoms with Crippen LogP contribution in [-0.4, -0.2) is 35.3 Å². The summed E-state index contributed by atoms with van der Waals surface area (Å²) < 4.78 is 0. The van der Waals surface area contributed by atoms with Crippen LogP contribution in [0.3, 0.4) is 0 Å². The van der Waals surface area contributed by atoms with Crippen molar-refractivity contribution in [2.24, 2.45) is 17.8 Å². The summed E-state index contributed by atoms with van der Waals surface area (Å²) in [5, 5.41) is 2.97. The molecule has 108 valence electrons. The summed E-state index contributed by atoms with van der Waals surface area (Å²) in [6, 6.07) is 0. The van der Waals surface area contributed by atoms with Gasteiger partial charge in [0.05, 0.1) is 11.8 Å². The highest BCUT2D eigenvalue weighted by molar-refractivity contribution is 5.92. The number of nitrogens with zero attached hydrogens (tertiary/aromatic N) is 1. The highest BCUT2D eigenvalue weighted by Crippen LogP contribution is 2.41. The van der Waals surface area contributed by atoms with Crippen molar-refractivity contribution < 1.29 is 9.59 Å². The van der Waals surface area contributed by atoms with Gasteiger partial charge in [0.25, 0.3) is 0 Å². The number of likely N-dealkylation sites (tertiary alicyclic amines) is 1. The molecule has 1 saturated carbocycles. The average molecular weight is 266 g/mol. The van der Waals surface area contributed by atoms with Crippen LogP contribution in [0.2, 0.25) is 0 Å². The van der Waals surface area contributed by atoms with E-state index in [-0.39, 0.29) is 29.2 Å². The highest BCUT2D eigenvalue weighted by atomic mass is 16.2. The van der Waals surface area contributed by atoms with E-state index >= 15 is 0 Å². The van der Waals surface area contributed by atoms with Crippen LogP contribution < -0.4 is 5.32 Å². The Labute approximate surface area is 115 Å². The summed E-state index contributed by atoms with van der Waals surface area (Å²) in [4.78, 5) is 26.2. The molecule has 1 heterocycles. The van der Waals surface area contributed by atoms with Crippen LogP contribution in [0.5, 0.6) is 0 Å². The molecule has 0 aromatic carbocycles. The van der Waals surface area contributed by atoms with Crippen LogP contribution in [0.1, 0.15) is 47.0 Å². The predicted molar refractivity (Wildman–Crippen MR) is 74.5 cm³/mol. The van der Waals surface area contributed by atoms with Crippen molar-refractivity contribution in [3.8, 4) is 0 Å². The number of carbonyl (C=O) groups is 2. The summed E-state index contributed by atoms with van der Waals surface area (Å²) in [5.74, 6) is 0.808. The third kappa shape index (κ3) is 3.71. The van der Waals surface area contributed by atoms with E-state index < -0.39 is 0 Å². The van der Waals surface area contributed by atoms with Gasteiger partial charge >= 0.3 is 0 Å². The smallest absolute Gasteiger partial charge is 0.226 e. The summed E-state index contributed by atoms with van der Waals surface area (Å²) in [5.41, 5.74) is -0.214. The normalized spacial score (nSPS) is 28.1. The number of rotatable bonds is 2. The molecule has 2 rings (SSSR count). The third-order valence-electron chi connectivity index (χ3n) is 4.04. The first-order valence-electron chi connectivity index (χ1n) is 7.39. The van der Waals surface area contributed by atoms with Crippen molar-refractivity contribution in [2.75, 3.05) is 13.1 Å². The molecule has 2 unspecified atom stereocenters. The molecule has 1 saturated heterocycles. The summed E-state index contributed by atoms with van der Waals surface area (Å²) in [7, 11) is 0. The molecule has 1 aliphatic heterocycles. The molecule has 19 heavy (non-hydrogen) atoms. The fourth-order valence-electron chi connectivity index (χ4n) is 2.68. The van der Waals surface area contributed by atoms with Crippen molar-refractivity contribution in [1.82, 2.24) is 10.2 Å². The molecule has 1 aliphatic carbocycles. The van der Waals surface area contributed by atoms with E-state index in [0.717, 1.165) is 38.3 Å². The molecule has 4 nitrogen and oxygen atoms in total. The second-order valence-electron chi connectivity index (χ2n) is 7.20. The van der Waals surface area contributed by atoms with Crippen LogP contribution in [0.15, 0.2) is 0 Å². The first-order chi connectivity index (χ1) is 8.78. The summed E-state index contributed by atoms with van der Waals surface area (Å²) in [6.45, 7) is 9.87. The highest BCUT2D eigenvalue weighted by Gasteiger charge is 2.50. The van der Waals surface area contributed by atoms with Crippen LogP contribution in [0.4, 0.5) is 0 Å². The molecule has 0 aromatic heterocycles. The molecule has 2 atom stereocenters. The molecular formula is C15H26N2O2. The Morgan fingerprint density at radius 1 is 1.11 bits per heavy atom. The van der Waals surface area contributed by atoms with Gasteiger partial charge < -0.3 is 10.2 Å². The second kappa shape index (κ2) is 5.14. The molecule has 2 aliphatic rings. The van der Waals surface area contributed by atoms with Gasteiger partial charge in [0.2, 0.25) is 11.8 Å². The van der Waals surface area contributed by atoms with Gasteiger partial charge in [-0.2, -0.15) is 0 Å². The molecule has 2 amide bonds. The van der Waals surface area contributed by atoms with E-state index in [0.29, 0.717) is 0 Å². The molecule has 4 heteroatoms. The molecule has 0 radical (unpaired) electrons. The van der Waals surface area contributed by atoms with Gasteiger partial charge in [-0.3, -0.25) is 9.59 Å². The molecule has 2 fully saturated rings. The van der Waals surface area contributed by atoms with Gasteiger partial charge in [0.15, 0.2) is 0 Å². The predicted octanol–water partition coefficient (Wildman–Crippen LogP) is 1.80. The Morgan fingerprint density at radius 3 is 2.21 bits per heavy atom. The topological polar surface area (TPSA) is 49.4 Å². The summed E-state index contributed by atoms with van der Waals surface area (Å²) >= 11 is 0. The molecule has 1 N–H and O–H groups in total. The lowest BCUT2D eigenvalue weighted by molar-refractivity contribution is -0.136. The fraction of sp³-hybridized carbons (Fsp3) is 0.867. The molecule has 0 bridgehead atoms. The average Bonchev–Trinajstić information content (AvgIpc) is 3.06. The summed E-state index contributed by atoms with van der Waals surface area (Å²) in [6.07, 6.45) is 2.92. The van der Waals surface area contributed by atoms with Crippen molar-refractivity contribution in [3.05, 3.63) is 0 Å². The van der Waals surface area contributed by atoms with E-state index in [2.05, 4.69) is 12.2 Å². The molecule has 0 spiro atoms. The Balaban J connectivity index is 1.82. The van der Waals surface area contributed by atoms with Gasteiger partial charge in [-0.15, -0.1) is 0 Å². The van der Waals surface area contributed by atoms with Crippen LogP contribution in [-0.2, 0) is 9.59 Å². The maximum atomic E-state index is 12.3. The first kappa shape index (κ1) is 14.4. The first-order valence-corrected chi connectivity index (χ1v) is 7.39. The maximum Gasteiger partial charge on any atom is 0.226 e. The van der Waals surface area contributed by atoms with E-state index in [1.54, 1.807) is 0 Å². The van der Waals surface area contributed by atoms with E-state index in [1.165, 1.54) is 0 Å². The number of nitrogens with one attached hydrogen (secondary N) is 1. The monoisotopic (exact) mass is 266 g/mol. The van der Waals surface area contributed by atoms with Crippen LogP contribution in [0, 0.1) is 17.8 Å². The van der Waals surface area contributed by atoms with Crippen molar-refractivity contribution >= 4 is 11.8 Å². The van der Waals surface area contributed by atoms with Crippen molar-refractivity contribution in [3.63, 3.8) is 0 Å². The van der Waals surface area contributed by atoms with E-state index in [9.17, 15) is 9.59 Å². The SMILES string of the molecule is CC1CCN(C(=O)C2CC2C(=O)NC(C)(C)C)CC1. The van der Waals surface area contributed by atoms with Gasteiger partial charge in [-0.25, -0.2) is 0 Å². The van der Waals surface area contributed by atoms with Crippen molar-refractivity contribution in [1.29, 1.82) is 0 Å². The zero-order valence-electron chi connectivity index (χ0n) is 12.5. The van der Waals surface area contributed by atoms with Gasteiger partial charge in [-0.05, 0) is 46.0 Å². The Kier molecular flexibility index (Phi) is 3.88. The van der Waals surface area contributed by atoms with Crippen LogP contribution >= 0.6 is 0 Å². The number of piperidine rings is 1. The number of carbonyl (C=O) groups excluding carboxylic acids is 2. The van der Waals surface area contributed by atoms with Crippen LogP contribution in [0.25, 0.3) is 0 Å². The lowest BCUT2D eigenvalue weighted by Crippen LogP contribution is -2.43. The lowest BCUT2D eigenvalue weighted by atomic mass is 9.99. The number of amides is 2. The zero-order chi connectivity index (χ0) is 14.2. The third-order valence-corrected chi connectivity index (χ3v) is 4.04. The minimum atomic E-state index is -0.214. The number of hydrogen-bond donors (Lipinski definition) is 1. The maximum absolute atomic E-state index is 12.3. The minimum absolute atomic E-state index is 0.0382. The standard InChI is InChI=1S/C15H26N2O2/c1-10-5-7-17(8-6-10)14(19)12-9-11(12)13(18)16-15(2,3)4/h10-12H,5-9H2,1-4H3,(H,16,18). The van der Waals surface area contributed by atoms with Gasteiger partial charge in [0.1, 0.15) is 0 Å². The van der Waals surface area contributed by atoms with E-state index in [1.807, 2.05) is 25.7 Å². The fourth-order valence-corrected chi connectivity index (χ4v) is 2.68. The lowest BCUT2D eigenvalue weighted by Gasteiger charge is -2.30. The Hall–Kier alpha value is -1.06. The quantitative estimate of drug-likeness (QED) is 0.828. The number of hydrogen-bond acceptors (Lipinski definition) is 2. The van der Waals surface area contributed by atoms with Gasteiger partial charge in [-0.1, -0.05) is 6.92 Å². The largest absolute Gasteiger partial charge is 0.351 e. The zero-order valence-corrected chi connectivity index (χ0v) is 12.5. The van der Waals surface area contributed by atoms with Crippen molar-refractivity contribution in [2.45, 2.75) is 52.5 Å². The molecular weight excluding hydrogens is 240 g/mol. The van der Waals surface area contributed by atoms with E-state index in [4.69, 9.17) is 0 Å².